The minimum absolute atomic E-state index is 0.307. The van der Waals surface area contributed by atoms with Gasteiger partial charge in [0.15, 0.2) is 0 Å². The summed E-state index contributed by atoms with van der Waals surface area (Å²) in [5.41, 5.74) is 0. The van der Waals surface area contributed by atoms with Gasteiger partial charge in [-0.2, -0.15) is 13.2 Å². The van der Waals surface area contributed by atoms with Crippen LogP contribution in [0, 0.1) is 0 Å². The predicted octanol–water partition coefficient (Wildman–Crippen LogP) is 1.61. The van der Waals surface area contributed by atoms with Gasteiger partial charge in [-0.1, -0.05) is 0 Å². The Kier molecular flexibility index (Phi) is 6.31. The fourth-order valence-corrected chi connectivity index (χ4v) is 0.969. The first-order valence-electron chi connectivity index (χ1n) is 4.83. The van der Waals surface area contributed by atoms with Crippen LogP contribution in [-0.4, -0.2) is 29.8 Å². The molecule has 2 N–H and O–H groups in total. The van der Waals surface area contributed by atoms with Crippen LogP contribution in [0.1, 0.15) is 32.6 Å². The number of alkyl halides is 3. The molecule has 0 aliphatic heterocycles. The topological polar surface area (TPSA) is 49.3 Å². The lowest BCUT2D eigenvalue weighted by molar-refractivity contribution is -0.144. The van der Waals surface area contributed by atoms with Gasteiger partial charge in [0.1, 0.15) is 0 Å². The van der Waals surface area contributed by atoms with Crippen molar-refractivity contribution in [3.63, 3.8) is 0 Å². The van der Waals surface area contributed by atoms with E-state index < -0.39 is 31.0 Å². The molecular formula is C9H16F3NO2. The lowest BCUT2D eigenvalue weighted by Crippen LogP contribution is -2.26. The van der Waals surface area contributed by atoms with E-state index >= 15 is 0 Å². The van der Waals surface area contributed by atoms with Crippen LogP contribution in [0.4, 0.5) is 13.2 Å². The van der Waals surface area contributed by atoms with Gasteiger partial charge in [-0.15, -0.1) is 0 Å². The molecule has 0 saturated carbocycles. The average Bonchev–Trinajstić information content (AvgIpc) is 2.07. The Morgan fingerprint density at radius 3 is 2.53 bits per heavy atom. The molecule has 0 aliphatic carbocycles. The Bertz CT molecular complexity index is 192. The molecule has 0 aromatic carbocycles. The molecule has 0 aromatic heterocycles. The van der Waals surface area contributed by atoms with Gasteiger partial charge in [0.25, 0.3) is 0 Å². The molecule has 0 spiro atoms. The van der Waals surface area contributed by atoms with E-state index in [0.29, 0.717) is 19.4 Å². The van der Waals surface area contributed by atoms with Gasteiger partial charge in [-0.25, -0.2) is 0 Å². The predicted molar refractivity (Wildman–Crippen MR) is 49.2 cm³/mol. The highest BCUT2D eigenvalue weighted by molar-refractivity contribution is 5.75. The molecule has 1 amide bonds. The van der Waals surface area contributed by atoms with Crippen molar-refractivity contribution < 1.29 is 23.1 Å². The van der Waals surface area contributed by atoms with Crippen LogP contribution in [0.25, 0.3) is 0 Å². The highest BCUT2D eigenvalue weighted by Crippen LogP contribution is 2.20. The fourth-order valence-electron chi connectivity index (χ4n) is 0.969. The van der Waals surface area contributed by atoms with Crippen molar-refractivity contribution in [2.45, 2.75) is 44.9 Å². The molecule has 0 bridgehead atoms. The van der Waals surface area contributed by atoms with Crippen LogP contribution in [0.2, 0.25) is 0 Å². The summed E-state index contributed by atoms with van der Waals surface area (Å²) in [5.74, 6) is -0.599. The van der Waals surface area contributed by atoms with Gasteiger partial charge in [0.2, 0.25) is 5.91 Å². The lowest BCUT2D eigenvalue weighted by Gasteiger charge is -2.07. The lowest BCUT2D eigenvalue weighted by atomic mass is 10.2. The fraction of sp³-hybridized carbons (Fsp3) is 0.889. The molecule has 1 unspecified atom stereocenters. The van der Waals surface area contributed by atoms with Crippen molar-refractivity contribution in [2.24, 2.45) is 0 Å². The number of carbonyl (C=O) groups excluding carboxylic acids is 1. The molecule has 15 heavy (non-hydrogen) atoms. The largest absolute Gasteiger partial charge is 0.393 e. The second-order valence-electron chi connectivity index (χ2n) is 3.46. The Morgan fingerprint density at radius 2 is 2.07 bits per heavy atom. The first-order valence-corrected chi connectivity index (χ1v) is 4.83. The van der Waals surface area contributed by atoms with E-state index in [9.17, 15) is 18.0 Å². The molecule has 90 valence electrons. The molecule has 0 aromatic rings. The van der Waals surface area contributed by atoms with Crippen LogP contribution >= 0.6 is 0 Å². The van der Waals surface area contributed by atoms with E-state index in [1.54, 1.807) is 6.92 Å². The highest BCUT2D eigenvalue weighted by atomic mass is 19.4. The van der Waals surface area contributed by atoms with Gasteiger partial charge < -0.3 is 10.4 Å². The number of amides is 1. The third kappa shape index (κ3) is 11.1. The summed E-state index contributed by atoms with van der Waals surface area (Å²) in [6, 6.07) is 0. The van der Waals surface area contributed by atoms with Crippen molar-refractivity contribution in [1.82, 2.24) is 5.32 Å². The van der Waals surface area contributed by atoms with Crippen LogP contribution in [0.3, 0.4) is 0 Å². The highest BCUT2D eigenvalue weighted by Gasteiger charge is 2.27. The van der Waals surface area contributed by atoms with E-state index in [1.165, 1.54) is 0 Å². The maximum absolute atomic E-state index is 11.7. The second kappa shape index (κ2) is 6.66. The summed E-state index contributed by atoms with van der Waals surface area (Å²) in [5, 5.41) is 11.2. The molecule has 1 atom stereocenters. The van der Waals surface area contributed by atoms with E-state index in [-0.39, 0.29) is 0 Å². The van der Waals surface area contributed by atoms with Crippen molar-refractivity contribution >= 4 is 5.91 Å². The minimum Gasteiger partial charge on any atom is -0.393 e. The number of carbonyl (C=O) groups is 1. The average molecular weight is 227 g/mol. The third-order valence-corrected chi connectivity index (χ3v) is 1.76. The molecule has 0 fully saturated rings. The molecule has 0 saturated heterocycles. The van der Waals surface area contributed by atoms with Crippen molar-refractivity contribution in [2.75, 3.05) is 6.54 Å². The summed E-state index contributed by atoms with van der Waals surface area (Å²) in [4.78, 5) is 10.9. The van der Waals surface area contributed by atoms with Gasteiger partial charge in [0.05, 0.1) is 12.5 Å². The molecule has 3 nitrogen and oxygen atoms in total. The summed E-state index contributed by atoms with van der Waals surface area (Å²) >= 11 is 0. The quantitative estimate of drug-likeness (QED) is 0.677. The SMILES string of the molecule is CC(O)CCCNC(=O)CCC(F)(F)F. The Morgan fingerprint density at radius 1 is 1.47 bits per heavy atom. The molecular weight excluding hydrogens is 211 g/mol. The first-order chi connectivity index (χ1) is 6.81. The van der Waals surface area contributed by atoms with E-state index in [0.717, 1.165) is 0 Å². The minimum atomic E-state index is -4.28. The number of nitrogens with one attached hydrogen (secondary N) is 1. The smallest absolute Gasteiger partial charge is 0.389 e. The summed E-state index contributed by atoms with van der Waals surface area (Å²) in [7, 11) is 0. The van der Waals surface area contributed by atoms with E-state index in [4.69, 9.17) is 5.11 Å². The molecule has 0 radical (unpaired) electrons. The number of aliphatic hydroxyl groups is 1. The third-order valence-electron chi connectivity index (χ3n) is 1.76. The van der Waals surface area contributed by atoms with E-state index in [1.807, 2.05) is 0 Å². The zero-order chi connectivity index (χ0) is 11.9. The maximum atomic E-state index is 11.7. The van der Waals surface area contributed by atoms with Crippen LogP contribution in [-0.2, 0) is 4.79 Å². The second-order valence-corrected chi connectivity index (χ2v) is 3.46. The van der Waals surface area contributed by atoms with Crippen molar-refractivity contribution in [3.05, 3.63) is 0 Å². The number of aliphatic hydroxyl groups excluding tert-OH is 1. The van der Waals surface area contributed by atoms with Crippen LogP contribution < -0.4 is 5.32 Å². The van der Waals surface area contributed by atoms with E-state index in [2.05, 4.69) is 5.32 Å². The Labute approximate surface area is 86.7 Å². The number of hydrogen-bond acceptors (Lipinski definition) is 2. The standard InChI is InChI=1S/C9H16F3NO2/c1-7(14)3-2-6-13-8(15)4-5-9(10,11)12/h7,14H,2-6H2,1H3,(H,13,15). The normalized spacial score (nSPS) is 13.7. The van der Waals surface area contributed by atoms with Crippen LogP contribution in [0.15, 0.2) is 0 Å². The van der Waals surface area contributed by atoms with Crippen LogP contribution in [0.5, 0.6) is 0 Å². The van der Waals surface area contributed by atoms with Gasteiger partial charge in [-0.05, 0) is 19.8 Å². The molecule has 0 aliphatic rings. The van der Waals surface area contributed by atoms with Gasteiger partial charge in [-0.3, -0.25) is 4.79 Å². The first kappa shape index (κ1) is 14.2. The summed E-state index contributed by atoms with van der Waals surface area (Å²) in [6.07, 6.45) is -5.25. The number of rotatable bonds is 6. The molecule has 6 heteroatoms. The van der Waals surface area contributed by atoms with Crippen molar-refractivity contribution in [3.8, 4) is 0 Å². The zero-order valence-corrected chi connectivity index (χ0v) is 8.60. The number of hydrogen-bond donors (Lipinski definition) is 2. The summed E-state index contributed by atoms with van der Waals surface area (Å²) < 4.78 is 35.1. The summed E-state index contributed by atoms with van der Waals surface area (Å²) in [6.45, 7) is 1.92. The van der Waals surface area contributed by atoms with Crippen molar-refractivity contribution in [1.29, 1.82) is 0 Å². The molecule has 0 heterocycles. The maximum Gasteiger partial charge on any atom is 0.389 e. The number of halogens is 3. The van der Waals surface area contributed by atoms with Gasteiger partial charge >= 0.3 is 6.18 Å². The van der Waals surface area contributed by atoms with Gasteiger partial charge in [0, 0.05) is 13.0 Å². The Hall–Kier alpha value is -0.780. The Balaban J connectivity index is 3.42. The zero-order valence-electron chi connectivity index (χ0n) is 8.60. The monoisotopic (exact) mass is 227 g/mol. The molecule has 0 rings (SSSR count).